The van der Waals surface area contributed by atoms with Crippen molar-refractivity contribution < 1.29 is 4.74 Å². The van der Waals surface area contributed by atoms with Gasteiger partial charge in [0.1, 0.15) is 12.4 Å². The summed E-state index contributed by atoms with van der Waals surface area (Å²) in [4.78, 5) is 0. The second-order valence-corrected chi connectivity index (χ2v) is 6.33. The van der Waals surface area contributed by atoms with Gasteiger partial charge in [-0.25, -0.2) is 0 Å². The predicted molar refractivity (Wildman–Crippen MR) is 88.6 cm³/mol. The van der Waals surface area contributed by atoms with Gasteiger partial charge < -0.3 is 10.1 Å². The van der Waals surface area contributed by atoms with Crippen LogP contribution in [0.25, 0.3) is 0 Å². The quantitative estimate of drug-likeness (QED) is 0.859. The van der Waals surface area contributed by atoms with Crippen LogP contribution in [-0.4, -0.2) is 16.8 Å². The molecule has 0 spiro atoms. The minimum atomic E-state index is 0.369. The average molecular weight is 352 g/mol. The number of aromatic nitrogens is 2. The first kappa shape index (κ1) is 16.0. The maximum absolute atomic E-state index is 6.02. The van der Waals surface area contributed by atoms with Gasteiger partial charge in [0.25, 0.3) is 0 Å². The molecule has 0 bridgehead atoms. The molecule has 21 heavy (non-hydrogen) atoms. The SMILES string of the molecule is CNCc1cc(Br)cc(C)c1OCc1ccn(C(C)C)n1. The van der Waals surface area contributed by atoms with Crippen molar-refractivity contribution in [3.05, 3.63) is 45.7 Å². The van der Waals surface area contributed by atoms with Crippen molar-refractivity contribution in [1.82, 2.24) is 15.1 Å². The van der Waals surface area contributed by atoms with E-state index in [1.165, 1.54) is 0 Å². The Bertz CT molecular complexity index is 608. The fourth-order valence-electron chi connectivity index (χ4n) is 2.22. The molecule has 0 fully saturated rings. The van der Waals surface area contributed by atoms with E-state index >= 15 is 0 Å². The molecule has 0 aliphatic rings. The van der Waals surface area contributed by atoms with Gasteiger partial charge in [0, 0.05) is 28.8 Å². The Hall–Kier alpha value is -1.33. The van der Waals surface area contributed by atoms with Crippen molar-refractivity contribution in [3.8, 4) is 5.75 Å². The van der Waals surface area contributed by atoms with Crippen LogP contribution < -0.4 is 10.1 Å². The van der Waals surface area contributed by atoms with Gasteiger partial charge in [0.15, 0.2) is 0 Å². The number of nitrogens with zero attached hydrogens (tertiary/aromatic N) is 2. The van der Waals surface area contributed by atoms with E-state index in [2.05, 4.69) is 59.2 Å². The number of benzene rings is 1. The molecule has 114 valence electrons. The Morgan fingerprint density at radius 1 is 1.38 bits per heavy atom. The number of ether oxygens (including phenoxy) is 1. The fraction of sp³-hybridized carbons (Fsp3) is 0.438. The third-order valence-corrected chi connectivity index (χ3v) is 3.70. The maximum atomic E-state index is 6.02. The average Bonchev–Trinajstić information content (AvgIpc) is 2.87. The molecule has 1 heterocycles. The summed E-state index contributed by atoms with van der Waals surface area (Å²) in [6, 6.07) is 6.53. The molecule has 2 aromatic rings. The molecule has 0 saturated heterocycles. The predicted octanol–water partition coefficient (Wildman–Crippen LogP) is 3.83. The molecular formula is C16H22BrN3O. The molecule has 1 N–H and O–H groups in total. The van der Waals surface area contributed by atoms with Crippen molar-refractivity contribution in [2.24, 2.45) is 0 Å². The summed E-state index contributed by atoms with van der Waals surface area (Å²) in [6.45, 7) is 7.55. The Labute approximate surface area is 134 Å². The summed E-state index contributed by atoms with van der Waals surface area (Å²) in [7, 11) is 1.93. The van der Waals surface area contributed by atoms with Gasteiger partial charge in [0.05, 0.1) is 5.69 Å². The first-order chi connectivity index (χ1) is 10.0. The lowest BCUT2D eigenvalue weighted by molar-refractivity contribution is 0.293. The zero-order valence-electron chi connectivity index (χ0n) is 13.0. The van der Waals surface area contributed by atoms with Gasteiger partial charge in [-0.15, -0.1) is 0 Å². The van der Waals surface area contributed by atoms with Gasteiger partial charge >= 0.3 is 0 Å². The van der Waals surface area contributed by atoms with Crippen molar-refractivity contribution in [2.45, 2.75) is 40.0 Å². The second kappa shape index (κ2) is 7.09. The topological polar surface area (TPSA) is 39.1 Å². The van der Waals surface area contributed by atoms with Gasteiger partial charge in [0.2, 0.25) is 0 Å². The molecule has 0 saturated carbocycles. The van der Waals surface area contributed by atoms with Crippen molar-refractivity contribution in [2.75, 3.05) is 7.05 Å². The number of hydrogen-bond acceptors (Lipinski definition) is 3. The Morgan fingerprint density at radius 3 is 2.76 bits per heavy atom. The van der Waals surface area contributed by atoms with Gasteiger partial charge in [-0.3, -0.25) is 4.68 Å². The van der Waals surface area contributed by atoms with E-state index in [0.29, 0.717) is 12.6 Å². The monoisotopic (exact) mass is 351 g/mol. The van der Waals surface area contributed by atoms with Crippen LogP contribution >= 0.6 is 15.9 Å². The van der Waals surface area contributed by atoms with E-state index in [1.807, 2.05) is 24.0 Å². The van der Waals surface area contributed by atoms with Crippen molar-refractivity contribution >= 4 is 15.9 Å². The lowest BCUT2D eigenvalue weighted by atomic mass is 10.1. The molecule has 0 unspecified atom stereocenters. The second-order valence-electron chi connectivity index (χ2n) is 5.41. The van der Waals surface area contributed by atoms with Crippen LogP contribution in [0.5, 0.6) is 5.75 Å². The third kappa shape index (κ3) is 4.08. The first-order valence-electron chi connectivity index (χ1n) is 7.11. The molecular weight excluding hydrogens is 330 g/mol. The lowest BCUT2D eigenvalue weighted by Crippen LogP contribution is -2.09. The van der Waals surface area contributed by atoms with E-state index < -0.39 is 0 Å². The zero-order chi connectivity index (χ0) is 15.4. The van der Waals surface area contributed by atoms with Crippen LogP contribution in [0.1, 0.15) is 36.7 Å². The number of aryl methyl sites for hydroxylation is 1. The summed E-state index contributed by atoms with van der Waals surface area (Å²) in [5.41, 5.74) is 3.21. The largest absolute Gasteiger partial charge is 0.487 e. The van der Waals surface area contributed by atoms with Crippen LogP contribution in [0, 0.1) is 6.92 Å². The van der Waals surface area contributed by atoms with E-state index in [0.717, 1.165) is 33.6 Å². The highest BCUT2D eigenvalue weighted by atomic mass is 79.9. The van der Waals surface area contributed by atoms with Crippen molar-refractivity contribution in [3.63, 3.8) is 0 Å². The highest BCUT2D eigenvalue weighted by molar-refractivity contribution is 9.10. The summed E-state index contributed by atoms with van der Waals surface area (Å²) in [5.74, 6) is 0.937. The van der Waals surface area contributed by atoms with Gasteiger partial charge in [-0.05, 0) is 51.6 Å². The standard InChI is InChI=1S/C16H22BrN3O/c1-11(2)20-6-5-15(19-20)10-21-16-12(3)7-14(17)8-13(16)9-18-4/h5-8,11,18H,9-10H2,1-4H3. The summed E-state index contributed by atoms with van der Waals surface area (Å²) >= 11 is 3.53. The van der Waals surface area contributed by atoms with Crippen LogP contribution in [-0.2, 0) is 13.2 Å². The molecule has 0 atom stereocenters. The van der Waals surface area contributed by atoms with Gasteiger partial charge in [-0.1, -0.05) is 15.9 Å². The Balaban J connectivity index is 2.14. The van der Waals surface area contributed by atoms with Crippen molar-refractivity contribution in [1.29, 1.82) is 0 Å². The molecule has 1 aromatic carbocycles. The molecule has 0 amide bonds. The minimum Gasteiger partial charge on any atom is -0.487 e. The molecule has 2 rings (SSSR count). The first-order valence-corrected chi connectivity index (χ1v) is 7.91. The molecule has 0 aliphatic carbocycles. The summed E-state index contributed by atoms with van der Waals surface area (Å²) in [6.07, 6.45) is 1.99. The molecule has 4 nitrogen and oxygen atoms in total. The molecule has 5 heteroatoms. The zero-order valence-corrected chi connectivity index (χ0v) is 14.6. The van der Waals surface area contributed by atoms with E-state index in [4.69, 9.17) is 4.74 Å². The number of halogens is 1. The highest BCUT2D eigenvalue weighted by Crippen LogP contribution is 2.28. The summed E-state index contributed by atoms with van der Waals surface area (Å²) < 4.78 is 9.04. The Kier molecular flexibility index (Phi) is 5.42. The van der Waals surface area contributed by atoms with E-state index in [-0.39, 0.29) is 0 Å². The molecule has 0 radical (unpaired) electrons. The third-order valence-electron chi connectivity index (χ3n) is 3.24. The fourth-order valence-corrected chi connectivity index (χ4v) is 2.84. The van der Waals surface area contributed by atoms with E-state index in [9.17, 15) is 0 Å². The van der Waals surface area contributed by atoms with Crippen LogP contribution in [0.4, 0.5) is 0 Å². The smallest absolute Gasteiger partial charge is 0.132 e. The summed E-state index contributed by atoms with van der Waals surface area (Å²) in [5, 5.41) is 7.69. The highest BCUT2D eigenvalue weighted by Gasteiger charge is 2.10. The molecule has 0 aliphatic heterocycles. The number of nitrogens with one attached hydrogen (secondary N) is 1. The number of rotatable bonds is 6. The lowest BCUT2D eigenvalue weighted by Gasteiger charge is -2.14. The van der Waals surface area contributed by atoms with Gasteiger partial charge in [-0.2, -0.15) is 5.10 Å². The minimum absolute atomic E-state index is 0.369. The van der Waals surface area contributed by atoms with E-state index in [1.54, 1.807) is 0 Å². The molecule has 1 aromatic heterocycles. The van der Waals surface area contributed by atoms with Crippen LogP contribution in [0.2, 0.25) is 0 Å². The maximum Gasteiger partial charge on any atom is 0.132 e. The number of hydrogen-bond donors (Lipinski definition) is 1. The van der Waals surface area contributed by atoms with Crippen LogP contribution in [0.15, 0.2) is 28.9 Å². The van der Waals surface area contributed by atoms with Crippen LogP contribution in [0.3, 0.4) is 0 Å². The normalized spacial score (nSPS) is 11.1. The Morgan fingerprint density at radius 2 is 2.14 bits per heavy atom.